The summed E-state index contributed by atoms with van der Waals surface area (Å²) >= 11 is 1.59. The Morgan fingerprint density at radius 2 is 2.22 bits per heavy atom. The Kier molecular flexibility index (Phi) is 3.93. The van der Waals surface area contributed by atoms with E-state index in [-0.39, 0.29) is 12.4 Å². The van der Waals surface area contributed by atoms with Gasteiger partial charge in [-0.05, 0) is 24.6 Å². The number of thiazole rings is 1. The normalized spacial score (nSPS) is 10.7. The number of aliphatic hydroxyl groups is 1. The van der Waals surface area contributed by atoms with Gasteiger partial charge in [-0.25, -0.2) is 9.37 Å². The van der Waals surface area contributed by atoms with Crippen LogP contribution >= 0.6 is 11.3 Å². The van der Waals surface area contributed by atoms with Crippen LogP contribution in [0.4, 0.5) is 10.1 Å². The molecule has 0 fully saturated rings. The molecule has 1 heterocycles. The summed E-state index contributed by atoms with van der Waals surface area (Å²) in [6, 6.07) is 4.76. The minimum atomic E-state index is -0.323. The van der Waals surface area contributed by atoms with Crippen LogP contribution in [0.15, 0.2) is 23.6 Å². The van der Waals surface area contributed by atoms with Crippen molar-refractivity contribution in [3.8, 4) is 0 Å². The van der Waals surface area contributed by atoms with Crippen molar-refractivity contribution < 1.29 is 9.50 Å². The molecule has 0 aliphatic rings. The van der Waals surface area contributed by atoms with E-state index in [1.807, 2.05) is 24.3 Å². The molecule has 0 unspecified atom stereocenters. The maximum absolute atomic E-state index is 13.8. The number of rotatable bonds is 4. The lowest BCUT2D eigenvalue weighted by atomic mass is 10.2. The molecule has 2 rings (SSSR count). The maximum Gasteiger partial charge on any atom is 0.146 e. The molecule has 0 saturated carbocycles. The number of aromatic nitrogens is 1. The summed E-state index contributed by atoms with van der Waals surface area (Å²) in [4.78, 5) is 6.16. The Morgan fingerprint density at radius 1 is 1.44 bits per heavy atom. The SMILES string of the molecule is Cc1nc(CN(C)c2ccc(CO)cc2F)cs1. The average Bonchev–Trinajstić information content (AvgIpc) is 2.74. The van der Waals surface area contributed by atoms with Gasteiger partial charge in [0.15, 0.2) is 0 Å². The number of aryl methyl sites for hydroxylation is 1. The van der Waals surface area contributed by atoms with Crippen molar-refractivity contribution in [2.45, 2.75) is 20.1 Å². The molecule has 2 aromatic rings. The van der Waals surface area contributed by atoms with E-state index >= 15 is 0 Å². The second-order valence-corrected chi connectivity index (χ2v) is 5.22. The van der Waals surface area contributed by atoms with Crippen molar-refractivity contribution in [3.05, 3.63) is 45.7 Å². The lowest BCUT2D eigenvalue weighted by Crippen LogP contribution is -2.18. The number of hydrogen-bond acceptors (Lipinski definition) is 4. The van der Waals surface area contributed by atoms with Gasteiger partial charge in [-0.3, -0.25) is 0 Å². The second-order valence-electron chi connectivity index (χ2n) is 4.16. The molecule has 3 nitrogen and oxygen atoms in total. The maximum atomic E-state index is 13.8. The standard InChI is InChI=1S/C13H15FN2OS/c1-9-15-11(8-18-9)6-16(2)13-4-3-10(7-17)5-12(13)14/h3-5,8,17H,6-7H2,1-2H3. The lowest BCUT2D eigenvalue weighted by Gasteiger charge is -2.19. The Hall–Kier alpha value is -1.46. The zero-order valence-corrected chi connectivity index (χ0v) is 11.2. The molecule has 0 radical (unpaired) electrons. The molecular weight excluding hydrogens is 251 g/mol. The van der Waals surface area contributed by atoms with Crippen molar-refractivity contribution in [3.63, 3.8) is 0 Å². The number of anilines is 1. The smallest absolute Gasteiger partial charge is 0.146 e. The van der Waals surface area contributed by atoms with Crippen molar-refractivity contribution in [2.75, 3.05) is 11.9 Å². The van der Waals surface area contributed by atoms with E-state index in [1.165, 1.54) is 6.07 Å². The van der Waals surface area contributed by atoms with E-state index in [2.05, 4.69) is 4.98 Å². The zero-order chi connectivity index (χ0) is 13.1. The Morgan fingerprint density at radius 3 is 2.78 bits per heavy atom. The first-order chi connectivity index (χ1) is 8.60. The van der Waals surface area contributed by atoms with Crippen LogP contribution in [0.5, 0.6) is 0 Å². The van der Waals surface area contributed by atoms with E-state index in [9.17, 15) is 4.39 Å². The third-order valence-electron chi connectivity index (χ3n) is 2.67. The summed E-state index contributed by atoms with van der Waals surface area (Å²) in [5.41, 5.74) is 2.03. The highest BCUT2D eigenvalue weighted by atomic mass is 32.1. The van der Waals surface area contributed by atoms with Gasteiger partial charge in [-0.2, -0.15) is 0 Å². The van der Waals surface area contributed by atoms with Gasteiger partial charge in [0.05, 0.1) is 29.5 Å². The lowest BCUT2D eigenvalue weighted by molar-refractivity contribution is 0.281. The van der Waals surface area contributed by atoms with Crippen LogP contribution in [-0.2, 0) is 13.2 Å². The van der Waals surface area contributed by atoms with Crippen molar-refractivity contribution in [2.24, 2.45) is 0 Å². The molecule has 96 valence electrons. The van der Waals surface area contributed by atoms with Crippen LogP contribution in [0.3, 0.4) is 0 Å². The van der Waals surface area contributed by atoms with Crippen LogP contribution in [-0.4, -0.2) is 17.1 Å². The van der Waals surface area contributed by atoms with Gasteiger partial charge in [0.25, 0.3) is 0 Å². The van der Waals surface area contributed by atoms with Gasteiger partial charge in [-0.15, -0.1) is 11.3 Å². The largest absolute Gasteiger partial charge is 0.392 e. The summed E-state index contributed by atoms with van der Waals surface area (Å²) in [5, 5.41) is 11.9. The summed E-state index contributed by atoms with van der Waals surface area (Å²) in [7, 11) is 1.83. The molecule has 0 aliphatic carbocycles. The van der Waals surface area contributed by atoms with Gasteiger partial charge in [-0.1, -0.05) is 6.07 Å². The second kappa shape index (κ2) is 5.46. The Balaban J connectivity index is 2.15. The molecular formula is C13H15FN2OS. The van der Waals surface area contributed by atoms with Crippen LogP contribution in [0.2, 0.25) is 0 Å². The highest BCUT2D eigenvalue weighted by Crippen LogP contribution is 2.21. The predicted molar refractivity (Wildman–Crippen MR) is 71.3 cm³/mol. The van der Waals surface area contributed by atoms with Crippen LogP contribution in [0.25, 0.3) is 0 Å². The first-order valence-electron chi connectivity index (χ1n) is 5.61. The molecule has 1 aromatic carbocycles. The van der Waals surface area contributed by atoms with Gasteiger partial charge in [0, 0.05) is 12.4 Å². The summed E-state index contributed by atoms with van der Waals surface area (Å²) < 4.78 is 13.8. The fourth-order valence-corrected chi connectivity index (χ4v) is 2.37. The molecule has 0 saturated heterocycles. The molecule has 5 heteroatoms. The number of benzene rings is 1. The molecule has 18 heavy (non-hydrogen) atoms. The Bertz CT molecular complexity index is 542. The van der Waals surface area contributed by atoms with E-state index in [1.54, 1.807) is 23.5 Å². The average molecular weight is 266 g/mol. The van der Waals surface area contributed by atoms with E-state index in [0.29, 0.717) is 17.8 Å². The number of nitrogens with zero attached hydrogens (tertiary/aromatic N) is 2. The molecule has 0 spiro atoms. The highest BCUT2D eigenvalue weighted by molar-refractivity contribution is 7.09. The van der Waals surface area contributed by atoms with Crippen molar-refractivity contribution in [1.82, 2.24) is 4.98 Å². The quantitative estimate of drug-likeness (QED) is 0.924. The van der Waals surface area contributed by atoms with Gasteiger partial charge >= 0.3 is 0 Å². The minimum absolute atomic E-state index is 0.147. The fraction of sp³-hybridized carbons (Fsp3) is 0.308. The molecule has 0 amide bonds. The third kappa shape index (κ3) is 2.86. The molecule has 0 aliphatic heterocycles. The van der Waals surface area contributed by atoms with E-state index in [4.69, 9.17) is 5.11 Å². The van der Waals surface area contributed by atoms with Crippen molar-refractivity contribution in [1.29, 1.82) is 0 Å². The number of hydrogen-bond donors (Lipinski definition) is 1. The zero-order valence-electron chi connectivity index (χ0n) is 10.4. The number of halogens is 1. The monoisotopic (exact) mass is 266 g/mol. The van der Waals surface area contributed by atoms with E-state index < -0.39 is 0 Å². The topological polar surface area (TPSA) is 36.4 Å². The summed E-state index contributed by atoms with van der Waals surface area (Å²) in [6.07, 6.45) is 0. The highest BCUT2D eigenvalue weighted by Gasteiger charge is 2.10. The third-order valence-corrected chi connectivity index (χ3v) is 3.49. The molecule has 0 atom stereocenters. The fourth-order valence-electron chi connectivity index (χ4n) is 1.77. The first-order valence-corrected chi connectivity index (χ1v) is 6.49. The predicted octanol–water partition coefficient (Wildman–Crippen LogP) is 2.72. The number of aliphatic hydroxyl groups excluding tert-OH is 1. The van der Waals surface area contributed by atoms with Gasteiger partial charge in [0.1, 0.15) is 5.82 Å². The van der Waals surface area contributed by atoms with Crippen LogP contribution in [0.1, 0.15) is 16.3 Å². The van der Waals surface area contributed by atoms with Crippen molar-refractivity contribution >= 4 is 17.0 Å². The van der Waals surface area contributed by atoms with Gasteiger partial charge in [0.2, 0.25) is 0 Å². The Labute approximate surface area is 110 Å². The minimum Gasteiger partial charge on any atom is -0.392 e. The molecule has 1 N–H and O–H groups in total. The van der Waals surface area contributed by atoms with E-state index in [0.717, 1.165) is 10.7 Å². The molecule has 1 aromatic heterocycles. The first kappa shape index (κ1) is 13.0. The summed E-state index contributed by atoms with van der Waals surface area (Å²) in [6.45, 7) is 2.37. The van der Waals surface area contributed by atoms with Crippen LogP contribution < -0.4 is 4.90 Å². The van der Waals surface area contributed by atoms with Crippen LogP contribution in [0, 0.1) is 12.7 Å². The van der Waals surface area contributed by atoms with Gasteiger partial charge < -0.3 is 10.0 Å². The summed E-state index contributed by atoms with van der Waals surface area (Å²) in [5.74, 6) is -0.323. The molecule has 0 bridgehead atoms.